The molecule has 0 atom stereocenters. The lowest BCUT2D eigenvalue weighted by Gasteiger charge is -2.16. The standard InChI is InChI=1S/C16H16N2O3/c1-16(2)20-13-8-5-11(9-14(13)21-16)10-3-6-12(7-4-10)18-15(17)19/h3-9H,1-2H3,(H3,17,18,19). The summed E-state index contributed by atoms with van der Waals surface area (Å²) in [5, 5.41) is 2.53. The summed E-state index contributed by atoms with van der Waals surface area (Å²) < 4.78 is 11.4. The second-order valence-electron chi connectivity index (χ2n) is 5.33. The zero-order valence-electron chi connectivity index (χ0n) is 11.8. The van der Waals surface area contributed by atoms with E-state index in [2.05, 4.69) is 5.32 Å². The van der Waals surface area contributed by atoms with Crippen LogP contribution >= 0.6 is 0 Å². The van der Waals surface area contributed by atoms with E-state index in [4.69, 9.17) is 15.2 Å². The van der Waals surface area contributed by atoms with Crippen molar-refractivity contribution < 1.29 is 14.3 Å². The van der Waals surface area contributed by atoms with Crippen molar-refractivity contribution in [1.82, 2.24) is 0 Å². The van der Waals surface area contributed by atoms with E-state index in [1.165, 1.54) is 0 Å². The Morgan fingerprint density at radius 2 is 1.62 bits per heavy atom. The van der Waals surface area contributed by atoms with E-state index in [-0.39, 0.29) is 0 Å². The van der Waals surface area contributed by atoms with Crippen LogP contribution < -0.4 is 20.5 Å². The van der Waals surface area contributed by atoms with Gasteiger partial charge in [-0.3, -0.25) is 0 Å². The number of rotatable bonds is 2. The van der Waals surface area contributed by atoms with Gasteiger partial charge in [0, 0.05) is 19.5 Å². The molecule has 0 saturated heterocycles. The lowest BCUT2D eigenvalue weighted by Crippen LogP contribution is -2.29. The number of amides is 2. The van der Waals surface area contributed by atoms with Crippen LogP contribution in [0.1, 0.15) is 13.8 Å². The molecule has 0 unspecified atom stereocenters. The highest BCUT2D eigenvalue weighted by molar-refractivity contribution is 5.88. The van der Waals surface area contributed by atoms with Gasteiger partial charge in [0.15, 0.2) is 11.5 Å². The van der Waals surface area contributed by atoms with Crippen LogP contribution in [0.3, 0.4) is 0 Å². The summed E-state index contributed by atoms with van der Waals surface area (Å²) in [5.74, 6) is 0.851. The van der Waals surface area contributed by atoms with Crippen LogP contribution in [0.4, 0.5) is 10.5 Å². The molecule has 2 amide bonds. The molecule has 0 fully saturated rings. The normalized spacial score (nSPS) is 14.8. The van der Waals surface area contributed by atoms with Gasteiger partial charge in [-0.2, -0.15) is 0 Å². The predicted molar refractivity (Wildman–Crippen MR) is 80.4 cm³/mol. The van der Waals surface area contributed by atoms with E-state index in [0.29, 0.717) is 5.69 Å². The highest BCUT2D eigenvalue weighted by Crippen LogP contribution is 2.41. The Morgan fingerprint density at radius 3 is 2.29 bits per heavy atom. The van der Waals surface area contributed by atoms with Crippen LogP contribution in [0.15, 0.2) is 42.5 Å². The number of ether oxygens (including phenoxy) is 2. The molecule has 3 N–H and O–H groups in total. The van der Waals surface area contributed by atoms with Crippen LogP contribution in [-0.4, -0.2) is 11.8 Å². The van der Waals surface area contributed by atoms with Gasteiger partial charge in [0.05, 0.1) is 0 Å². The quantitative estimate of drug-likeness (QED) is 0.888. The molecule has 0 aliphatic carbocycles. The molecule has 0 radical (unpaired) electrons. The fourth-order valence-corrected chi connectivity index (χ4v) is 2.29. The van der Waals surface area contributed by atoms with E-state index in [1.807, 2.05) is 44.2 Å². The number of benzene rings is 2. The minimum atomic E-state index is -0.629. The molecule has 1 heterocycles. The van der Waals surface area contributed by atoms with Gasteiger partial charge < -0.3 is 20.5 Å². The van der Waals surface area contributed by atoms with Crippen molar-refractivity contribution in [3.63, 3.8) is 0 Å². The third-order valence-corrected chi connectivity index (χ3v) is 3.14. The highest BCUT2D eigenvalue weighted by Gasteiger charge is 2.31. The average molecular weight is 284 g/mol. The minimum absolute atomic E-state index is 0.576. The van der Waals surface area contributed by atoms with Gasteiger partial charge in [-0.25, -0.2) is 4.79 Å². The van der Waals surface area contributed by atoms with Crippen LogP contribution in [-0.2, 0) is 0 Å². The number of hydrogen-bond acceptors (Lipinski definition) is 3. The Kier molecular flexibility index (Phi) is 2.97. The molecule has 21 heavy (non-hydrogen) atoms. The van der Waals surface area contributed by atoms with Crippen molar-refractivity contribution in [3.8, 4) is 22.6 Å². The fraction of sp³-hybridized carbons (Fsp3) is 0.188. The molecule has 0 saturated carbocycles. The van der Waals surface area contributed by atoms with Gasteiger partial charge in [-0.15, -0.1) is 0 Å². The largest absolute Gasteiger partial charge is 0.449 e. The van der Waals surface area contributed by atoms with E-state index < -0.39 is 11.8 Å². The number of urea groups is 1. The molecular weight excluding hydrogens is 268 g/mol. The molecule has 0 bridgehead atoms. The van der Waals surface area contributed by atoms with Gasteiger partial charge in [-0.1, -0.05) is 18.2 Å². The monoisotopic (exact) mass is 284 g/mol. The second-order valence-corrected chi connectivity index (χ2v) is 5.33. The van der Waals surface area contributed by atoms with Gasteiger partial charge in [0.25, 0.3) is 0 Å². The number of nitrogens with two attached hydrogens (primary N) is 1. The van der Waals surface area contributed by atoms with Crippen molar-refractivity contribution in [3.05, 3.63) is 42.5 Å². The minimum Gasteiger partial charge on any atom is -0.449 e. The number of hydrogen-bond donors (Lipinski definition) is 2. The summed E-state index contributed by atoms with van der Waals surface area (Å²) in [5.41, 5.74) is 7.77. The number of fused-ring (bicyclic) bond motifs is 1. The first-order valence-corrected chi connectivity index (χ1v) is 6.62. The SMILES string of the molecule is CC1(C)Oc2ccc(-c3ccc(NC(N)=O)cc3)cc2O1. The molecule has 2 aromatic rings. The maximum atomic E-state index is 10.8. The Morgan fingerprint density at radius 1 is 1.00 bits per heavy atom. The molecule has 1 aliphatic heterocycles. The molecule has 2 aromatic carbocycles. The van der Waals surface area contributed by atoms with Gasteiger partial charge in [0.2, 0.25) is 5.79 Å². The van der Waals surface area contributed by atoms with Gasteiger partial charge in [0.1, 0.15) is 0 Å². The zero-order chi connectivity index (χ0) is 15.0. The predicted octanol–water partition coefficient (Wildman–Crippen LogP) is 3.35. The molecule has 5 heteroatoms. The first-order valence-electron chi connectivity index (χ1n) is 6.62. The fourth-order valence-electron chi connectivity index (χ4n) is 2.29. The first-order chi connectivity index (χ1) is 9.93. The Balaban J connectivity index is 1.87. The van der Waals surface area contributed by atoms with E-state index in [1.54, 1.807) is 12.1 Å². The maximum Gasteiger partial charge on any atom is 0.316 e. The zero-order valence-corrected chi connectivity index (χ0v) is 11.8. The van der Waals surface area contributed by atoms with E-state index >= 15 is 0 Å². The summed E-state index contributed by atoms with van der Waals surface area (Å²) in [6.07, 6.45) is 0. The molecule has 0 spiro atoms. The molecule has 108 valence electrons. The summed E-state index contributed by atoms with van der Waals surface area (Å²) >= 11 is 0. The van der Waals surface area contributed by atoms with Crippen LogP contribution in [0.5, 0.6) is 11.5 Å². The smallest absolute Gasteiger partial charge is 0.316 e. The Bertz CT molecular complexity index is 693. The third kappa shape index (κ3) is 2.76. The third-order valence-electron chi connectivity index (χ3n) is 3.14. The van der Waals surface area contributed by atoms with Gasteiger partial charge >= 0.3 is 6.03 Å². The maximum absolute atomic E-state index is 10.8. The average Bonchev–Trinajstić information content (AvgIpc) is 2.71. The number of carbonyl (C=O) groups excluding carboxylic acids is 1. The van der Waals surface area contributed by atoms with Crippen molar-refractivity contribution in [2.45, 2.75) is 19.6 Å². The lowest BCUT2D eigenvalue weighted by molar-refractivity contribution is -0.0431. The molecule has 1 aliphatic rings. The number of carbonyl (C=O) groups is 1. The number of primary amides is 1. The topological polar surface area (TPSA) is 73.6 Å². The van der Waals surface area contributed by atoms with Gasteiger partial charge in [-0.05, 0) is 35.4 Å². The van der Waals surface area contributed by atoms with Crippen LogP contribution in [0.2, 0.25) is 0 Å². The second kappa shape index (κ2) is 4.70. The van der Waals surface area contributed by atoms with Crippen molar-refractivity contribution in [2.24, 2.45) is 5.73 Å². The Labute approximate surface area is 122 Å². The lowest BCUT2D eigenvalue weighted by atomic mass is 10.0. The number of anilines is 1. The van der Waals surface area contributed by atoms with Crippen molar-refractivity contribution in [2.75, 3.05) is 5.32 Å². The van der Waals surface area contributed by atoms with E-state index in [9.17, 15) is 4.79 Å². The summed E-state index contributed by atoms with van der Waals surface area (Å²) in [6, 6.07) is 12.7. The number of nitrogens with one attached hydrogen (secondary N) is 1. The first kappa shape index (κ1) is 13.3. The summed E-state index contributed by atoms with van der Waals surface area (Å²) in [7, 11) is 0. The molecule has 5 nitrogen and oxygen atoms in total. The van der Waals surface area contributed by atoms with Crippen molar-refractivity contribution >= 4 is 11.7 Å². The molecular formula is C16H16N2O3. The summed E-state index contributed by atoms with van der Waals surface area (Å²) in [6.45, 7) is 3.74. The highest BCUT2D eigenvalue weighted by atomic mass is 16.7. The molecule has 0 aromatic heterocycles. The van der Waals surface area contributed by atoms with E-state index in [0.717, 1.165) is 22.6 Å². The van der Waals surface area contributed by atoms with Crippen LogP contribution in [0.25, 0.3) is 11.1 Å². The summed E-state index contributed by atoms with van der Waals surface area (Å²) in [4.78, 5) is 10.8. The molecule has 3 rings (SSSR count). The van der Waals surface area contributed by atoms with Crippen LogP contribution in [0, 0.1) is 0 Å². The Hall–Kier alpha value is -2.69. The van der Waals surface area contributed by atoms with Crippen molar-refractivity contribution in [1.29, 1.82) is 0 Å².